The normalized spacial score (nSPS) is 23.7. The average molecular weight is 429 g/mol. The highest BCUT2D eigenvalue weighted by Crippen LogP contribution is 2.26. The molecule has 3 rings (SSSR count). The molecule has 0 bridgehead atoms. The standard InChI is InChI=1S/C14H19BrFN3O2S.ClH/c15-13-2-1-12(9-14(13)16)22(20,21)19-6-3-11(10-19)18-7-4-17-5-8-18;/h1-2,9,11,17H,3-8,10H2;1H. The third-order valence-corrected chi connectivity index (χ3v) is 6.83. The van der Waals surface area contributed by atoms with Crippen LogP contribution in [0.15, 0.2) is 27.6 Å². The van der Waals surface area contributed by atoms with Gasteiger partial charge in [0.15, 0.2) is 0 Å². The van der Waals surface area contributed by atoms with Crippen molar-refractivity contribution in [1.82, 2.24) is 14.5 Å². The minimum atomic E-state index is -3.62. The smallest absolute Gasteiger partial charge is 0.243 e. The van der Waals surface area contributed by atoms with Gasteiger partial charge >= 0.3 is 0 Å². The summed E-state index contributed by atoms with van der Waals surface area (Å²) < 4.78 is 40.6. The lowest BCUT2D eigenvalue weighted by Crippen LogP contribution is -2.49. The van der Waals surface area contributed by atoms with Crippen LogP contribution < -0.4 is 5.32 Å². The maximum absolute atomic E-state index is 13.6. The summed E-state index contributed by atoms with van der Waals surface area (Å²) in [4.78, 5) is 2.36. The van der Waals surface area contributed by atoms with Crippen molar-refractivity contribution in [2.75, 3.05) is 39.3 Å². The molecule has 1 unspecified atom stereocenters. The topological polar surface area (TPSA) is 52.7 Å². The first-order valence-corrected chi connectivity index (χ1v) is 9.62. The average Bonchev–Trinajstić information content (AvgIpc) is 3.01. The number of hydrogen-bond donors (Lipinski definition) is 1. The highest BCUT2D eigenvalue weighted by molar-refractivity contribution is 9.10. The number of benzene rings is 1. The fourth-order valence-corrected chi connectivity index (χ4v) is 4.81. The van der Waals surface area contributed by atoms with E-state index in [0.717, 1.165) is 38.7 Å². The molecule has 2 aliphatic rings. The molecule has 1 aromatic carbocycles. The van der Waals surface area contributed by atoms with Crippen molar-refractivity contribution in [2.45, 2.75) is 17.4 Å². The Morgan fingerprint density at radius 1 is 1.22 bits per heavy atom. The lowest BCUT2D eigenvalue weighted by molar-refractivity contribution is 0.179. The molecule has 2 aliphatic heterocycles. The Bertz CT molecular complexity index is 655. The molecule has 1 aromatic rings. The second-order valence-electron chi connectivity index (χ2n) is 5.67. The van der Waals surface area contributed by atoms with Crippen LogP contribution in [0, 0.1) is 5.82 Å². The molecule has 0 aromatic heterocycles. The van der Waals surface area contributed by atoms with Gasteiger partial charge in [-0.25, -0.2) is 12.8 Å². The molecular weight excluding hydrogens is 409 g/mol. The maximum Gasteiger partial charge on any atom is 0.243 e. The van der Waals surface area contributed by atoms with E-state index in [1.54, 1.807) is 0 Å². The highest BCUT2D eigenvalue weighted by atomic mass is 79.9. The van der Waals surface area contributed by atoms with E-state index in [4.69, 9.17) is 0 Å². The summed E-state index contributed by atoms with van der Waals surface area (Å²) in [5.74, 6) is -0.557. The van der Waals surface area contributed by atoms with E-state index in [1.807, 2.05) is 0 Å². The van der Waals surface area contributed by atoms with Crippen molar-refractivity contribution in [3.8, 4) is 0 Å². The monoisotopic (exact) mass is 427 g/mol. The molecule has 0 saturated carbocycles. The highest BCUT2D eigenvalue weighted by Gasteiger charge is 2.35. The van der Waals surface area contributed by atoms with Gasteiger partial charge in [-0.1, -0.05) is 0 Å². The van der Waals surface area contributed by atoms with E-state index in [2.05, 4.69) is 26.1 Å². The van der Waals surface area contributed by atoms with Crippen molar-refractivity contribution < 1.29 is 12.8 Å². The van der Waals surface area contributed by atoms with Crippen LogP contribution in [-0.4, -0.2) is 62.9 Å². The largest absolute Gasteiger partial charge is 0.314 e. The van der Waals surface area contributed by atoms with Crippen LogP contribution in [0.2, 0.25) is 0 Å². The van der Waals surface area contributed by atoms with Gasteiger partial charge in [0.2, 0.25) is 10.0 Å². The second-order valence-corrected chi connectivity index (χ2v) is 8.46. The molecule has 0 radical (unpaired) electrons. The van der Waals surface area contributed by atoms with Gasteiger partial charge in [0.1, 0.15) is 5.82 Å². The van der Waals surface area contributed by atoms with Crippen molar-refractivity contribution in [1.29, 1.82) is 0 Å². The summed E-state index contributed by atoms with van der Waals surface area (Å²) in [7, 11) is -3.62. The van der Waals surface area contributed by atoms with Gasteiger partial charge < -0.3 is 5.32 Å². The third kappa shape index (κ3) is 4.05. The summed E-state index contributed by atoms with van der Waals surface area (Å²) in [5, 5.41) is 3.30. The van der Waals surface area contributed by atoms with E-state index in [1.165, 1.54) is 16.4 Å². The van der Waals surface area contributed by atoms with Gasteiger partial charge in [0, 0.05) is 45.3 Å². The molecule has 5 nitrogen and oxygen atoms in total. The molecule has 9 heteroatoms. The van der Waals surface area contributed by atoms with Crippen LogP contribution >= 0.6 is 28.3 Å². The zero-order chi connectivity index (χ0) is 15.7. The third-order valence-electron chi connectivity index (χ3n) is 4.32. The summed E-state index contributed by atoms with van der Waals surface area (Å²) in [6.45, 7) is 4.77. The molecule has 0 spiro atoms. The van der Waals surface area contributed by atoms with Crippen molar-refractivity contribution >= 4 is 38.4 Å². The molecule has 130 valence electrons. The minimum Gasteiger partial charge on any atom is -0.314 e. The number of nitrogens with one attached hydrogen (secondary N) is 1. The van der Waals surface area contributed by atoms with Crippen LogP contribution in [0.1, 0.15) is 6.42 Å². The number of hydrogen-bond acceptors (Lipinski definition) is 4. The van der Waals surface area contributed by atoms with E-state index in [0.29, 0.717) is 13.1 Å². The molecule has 23 heavy (non-hydrogen) atoms. The molecule has 2 fully saturated rings. The fourth-order valence-electron chi connectivity index (χ4n) is 3.06. The molecule has 1 atom stereocenters. The number of nitrogens with zero attached hydrogens (tertiary/aromatic N) is 2. The molecule has 2 heterocycles. The molecular formula is C14H20BrClFN3O2S. The number of piperazine rings is 1. The molecule has 1 N–H and O–H groups in total. The van der Waals surface area contributed by atoms with Gasteiger partial charge in [-0.15, -0.1) is 12.4 Å². The predicted octanol–water partition coefficient (Wildman–Crippen LogP) is 1.68. The van der Waals surface area contributed by atoms with E-state index >= 15 is 0 Å². The maximum atomic E-state index is 13.6. The van der Waals surface area contributed by atoms with Crippen LogP contribution in [0.5, 0.6) is 0 Å². The molecule has 0 aliphatic carbocycles. The van der Waals surface area contributed by atoms with Crippen LogP contribution in [0.3, 0.4) is 0 Å². The van der Waals surface area contributed by atoms with Gasteiger partial charge in [-0.2, -0.15) is 4.31 Å². The van der Waals surface area contributed by atoms with Crippen molar-refractivity contribution in [2.24, 2.45) is 0 Å². The van der Waals surface area contributed by atoms with Crippen molar-refractivity contribution in [3.63, 3.8) is 0 Å². The SMILES string of the molecule is Cl.O=S(=O)(c1ccc(Br)c(F)c1)N1CCC(N2CCNCC2)C1. The predicted molar refractivity (Wildman–Crippen MR) is 93.0 cm³/mol. The summed E-state index contributed by atoms with van der Waals surface area (Å²) in [6.07, 6.45) is 0.832. The van der Waals surface area contributed by atoms with Gasteiger partial charge in [0.05, 0.1) is 9.37 Å². The lowest BCUT2D eigenvalue weighted by atomic mass is 10.2. The summed E-state index contributed by atoms with van der Waals surface area (Å²) in [5.41, 5.74) is 0. The van der Waals surface area contributed by atoms with Gasteiger partial charge in [-0.05, 0) is 40.5 Å². The summed E-state index contributed by atoms with van der Waals surface area (Å²) >= 11 is 3.05. The zero-order valence-corrected chi connectivity index (χ0v) is 15.8. The number of halogens is 3. The lowest BCUT2D eigenvalue weighted by Gasteiger charge is -2.32. The Hall–Kier alpha value is -0.250. The Kier molecular flexibility index (Phi) is 6.43. The number of sulfonamides is 1. The van der Waals surface area contributed by atoms with Gasteiger partial charge in [-0.3, -0.25) is 4.90 Å². The Morgan fingerprint density at radius 2 is 1.91 bits per heavy atom. The Morgan fingerprint density at radius 3 is 2.57 bits per heavy atom. The first kappa shape index (κ1) is 19.1. The minimum absolute atomic E-state index is 0. The van der Waals surface area contributed by atoms with E-state index < -0.39 is 15.8 Å². The Labute approximate surface area is 150 Å². The van der Waals surface area contributed by atoms with Crippen molar-refractivity contribution in [3.05, 3.63) is 28.5 Å². The van der Waals surface area contributed by atoms with Crippen LogP contribution in [-0.2, 0) is 10.0 Å². The quantitative estimate of drug-likeness (QED) is 0.796. The van der Waals surface area contributed by atoms with E-state index in [9.17, 15) is 12.8 Å². The first-order chi connectivity index (χ1) is 10.5. The first-order valence-electron chi connectivity index (χ1n) is 7.38. The number of rotatable bonds is 3. The Balaban J connectivity index is 0.00000192. The van der Waals surface area contributed by atoms with Crippen LogP contribution in [0.25, 0.3) is 0 Å². The van der Waals surface area contributed by atoms with Crippen LogP contribution in [0.4, 0.5) is 4.39 Å². The zero-order valence-electron chi connectivity index (χ0n) is 12.5. The fraction of sp³-hybridized carbons (Fsp3) is 0.571. The van der Waals surface area contributed by atoms with Gasteiger partial charge in [0.25, 0.3) is 0 Å². The second kappa shape index (κ2) is 7.76. The molecule has 0 amide bonds. The van der Waals surface area contributed by atoms with E-state index in [-0.39, 0.29) is 27.8 Å². The summed E-state index contributed by atoms with van der Waals surface area (Å²) in [6, 6.07) is 4.22. The molecule has 2 saturated heterocycles.